The monoisotopic (exact) mass is 447 g/mol. The fourth-order valence-electron chi connectivity index (χ4n) is 3.49. The Labute approximate surface area is 183 Å². The van der Waals surface area contributed by atoms with Crippen molar-refractivity contribution < 1.29 is 22.7 Å². The summed E-state index contributed by atoms with van der Waals surface area (Å²) in [5.74, 6) is 0.218. The van der Waals surface area contributed by atoms with Crippen molar-refractivity contribution in [1.29, 1.82) is 0 Å². The zero-order valence-electron chi connectivity index (χ0n) is 18.1. The Morgan fingerprint density at radius 3 is 2.29 bits per heavy atom. The number of hydrogen-bond donors (Lipinski definition) is 1. The van der Waals surface area contributed by atoms with Crippen LogP contribution in [-0.4, -0.2) is 59.5 Å². The molecule has 1 fully saturated rings. The molecule has 1 heterocycles. The Hall–Kier alpha value is -2.78. The van der Waals surface area contributed by atoms with Gasteiger partial charge in [0, 0.05) is 24.5 Å². The van der Waals surface area contributed by atoms with E-state index in [1.54, 1.807) is 31.2 Å². The van der Waals surface area contributed by atoms with E-state index in [1.165, 1.54) is 0 Å². The maximum atomic E-state index is 12.9. The maximum Gasteiger partial charge on any atom is 0.247 e. The minimum atomic E-state index is -3.69. The highest BCUT2D eigenvalue weighted by Gasteiger charge is 2.29. The lowest BCUT2D eigenvalue weighted by Crippen LogP contribution is -2.45. The van der Waals surface area contributed by atoms with Gasteiger partial charge < -0.3 is 19.7 Å². The van der Waals surface area contributed by atoms with E-state index in [4.69, 9.17) is 9.47 Å². The molecule has 2 aromatic carbocycles. The average molecular weight is 448 g/mol. The maximum absolute atomic E-state index is 12.9. The first-order valence-electron chi connectivity index (χ1n) is 10.3. The lowest BCUT2D eigenvalue weighted by atomic mass is 10.2. The third kappa shape index (κ3) is 5.89. The second-order valence-electron chi connectivity index (χ2n) is 7.30. The third-order valence-corrected chi connectivity index (χ3v) is 6.24. The normalized spacial score (nSPS) is 15.3. The second-order valence-corrected chi connectivity index (χ2v) is 9.16. The van der Waals surface area contributed by atoms with Gasteiger partial charge in [-0.25, -0.2) is 8.42 Å². The first-order chi connectivity index (χ1) is 14.8. The largest absolute Gasteiger partial charge is 0.494 e. The lowest BCUT2D eigenvalue weighted by Gasteiger charge is -2.29. The molecular weight excluding hydrogens is 418 g/mol. The van der Waals surface area contributed by atoms with Crippen molar-refractivity contribution in [2.75, 3.05) is 53.7 Å². The topological polar surface area (TPSA) is 88.2 Å². The standard InChI is InChI=1S/C22H29N3O5S/c1-4-30-21-11-9-20(10-12-21)25(31(3,27)28)17(2)22(26)23-18-5-7-19(8-6-18)24-13-15-29-16-14-24/h5-12,17H,4,13-16H2,1-3H3,(H,23,26). The van der Waals surface area contributed by atoms with Gasteiger partial charge in [0.2, 0.25) is 15.9 Å². The van der Waals surface area contributed by atoms with Gasteiger partial charge in [-0.1, -0.05) is 0 Å². The first kappa shape index (κ1) is 22.9. The van der Waals surface area contributed by atoms with Crippen LogP contribution in [0.2, 0.25) is 0 Å². The molecule has 0 radical (unpaired) electrons. The molecule has 1 N–H and O–H groups in total. The average Bonchev–Trinajstić information content (AvgIpc) is 2.75. The van der Waals surface area contributed by atoms with E-state index in [2.05, 4.69) is 10.2 Å². The number of hydrogen-bond acceptors (Lipinski definition) is 6. The molecule has 1 aliphatic heterocycles. The Balaban J connectivity index is 1.72. The summed E-state index contributed by atoms with van der Waals surface area (Å²) >= 11 is 0. The van der Waals surface area contributed by atoms with Crippen LogP contribution in [0.1, 0.15) is 13.8 Å². The molecule has 0 bridgehead atoms. The summed E-state index contributed by atoms with van der Waals surface area (Å²) in [5.41, 5.74) is 2.06. The predicted molar refractivity (Wildman–Crippen MR) is 122 cm³/mol. The van der Waals surface area contributed by atoms with Gasteiger partial charge in [0.15, 0.2) is 0 Å². The second kappa shape index (κ2) is 10.0. The lowest BCUT2D eigenvalue weighted by molar-refractivity contribution is -0.116. The van der Waals surface area contributed by atoms with Crippen LogP contribution in [-0.2, 0) is 19.6 Å². The van der Waals surface area contributed by atoms with E-state index < -0.39 is 22.0 Å². The highest BCUT2D eigenvalue weighted by Crippen LogP contribution is 2.25. The van der Waals surface area contributed by atoms with Gasteiger partial charge in [0.05, 0.1) is 31.8 Å². The van der Waals surface area contributed by atoms with Gasteiger partial charge in [-0.15, -0.1) is 0 Å². The van der Waals surface area contributed by atoms with Crippen LogP contribution in [0.3, 0.4) is 0 Å². The quantitative estimate of drug-likeness (QED) is 0.670. The number of benzene rings is 2. The summed E-state index contributed by atoms with van der Waals surface area (Å²) < 4.78 is 36.8. The molecule has 9 heteroatoms. The Morgan fingerprint density at radius 2 is 1.74 bits per heavy atom. The fourth-order valence-corrected chi connectivity index (χ4v) is 4.66. The van der Waals surface area contributed by atoms with E-state index in [-0.39, 0.29) is 0 Å². The number of rotatable bonds is 8. The summed E-state index contributed by atoms with van der Waals surface area (Å²) in [6, 6.07) is 13.2. The summed E-state index contributed by atoms with van der Waals surface area (Å²) in [4.78, 5) is 15.1. The number of sulfonamides is 1. The molecule has 1 unspecified atom stereocenters. The molecule has 1 atom stereocenters. The number of carbonyl (C=O) groups is 1. The smallest absolute Gasteiger partial charge is 0.247 e. The van der Waals surface area contributed by atoms with Crippen molar-refractivity contribution in [2.24, 2.45) is 0 Å². The van der Waals surface area contributed by atoms with Crippen molar-refractivity contribution >= 4 is 33.0 Å². The van der Waals surface area contributed by atoms with Crippen LogP contribution in [0, 0.1) is 0 Å². The number of carbonyl (C=O) groups excluding carboxylic acids is 1. The molecular formula is C22H29N3O5S. The van der Waals surface area contributed by atoms with Crippen molar-refractivity contribution in [2.45, 2.75) is 19.9 Å². The van der Waals surface area contributed by atoms with Crippen molar-refractivity contribution in [1.82, 2.24) is 0 Å². The minimum absolute atomic E-state index is 0.399. The van der Waals surface area contributed by atoms with Crippen LogP contribution in [0.15, 0.2) is 48.5 Å². The molecule has 0 aliphatic carbocycles. The van der Waals surface area contributed by atoms with Crippen molar-refractivity contribution in [3.63, 3.8) is 0 Å². The van der Waals surface area contributed by atoms with Gasteiger partial charge in [-0.3, -0.25) is 9.10 Å². The fraction of sp³-hybridized carbons (Fsp3) is 0.409. The SMILES string of the molecule is CCOc1ccc(N(C(C)C(=O)Nc2ccc(N3CCOCC3)cc2)S(C)(=O)=O)cc1. The van der Waals surface area contributed by atoms with Crippen LogP contribution in [0.5, 0.6) is 5.75 Å². The molecule has 0 saturated carbocycles. The number of ether oxygens (including phenoxy) is 2. The summed E-state index contributed by atoms with van der Waals surface area (Å²) in [5, 5.41) is 2.81. The number of amides is 1. The van der Waals surface area contributed by atoms with Gasteiger partial charge in [-0.05, 0) is 62.4 Å². The van der Waals surface area contributed by atoms with Crippen molar-refractivity contribution in [3.05, 3.63) is 48.5 Å². The molecule has 0 aromatic heterocycles. The van der Waals surface area contributed by atoms with Crippen LogP contribution in [0.25, 0.3) is 0 Å². The third-order valence-electron chi connectivity index (χ3n) is 5.00. The van der Waals surface area contributed by atoms with Gasteiger partial charge in [-0.2, -0.15) is 0 Å². The van der Waals surface area contributed by atoms with Crippen molar-refractivity contribution in [3.8, 4) is 5.75 Å². The van der Waals surface area contributed by atoms with Crippen LogP contribution >= 0.6 is 0 Å². The molecule has 31 heavy (non-hydrogen) atoms. The predicted octanol–water partition coefficient (Wildman–Crippen LogP) is 2.72. The molecule has 2 aromatic rings. The van der Waals surface area contributed by atoms with Gasteiger partial charge in [0.25, 0.3) is 0 Å². The minimum Gasteiger partial charge on any atom is -0.494 e. The molecule has 1 aliphatic rings. The summed E-state index contributed by atoms with van der Waals surface area (Å²) in [6.45, 7) is 7.00. The number of nitrogens with zero attached hydrogens (tertiary/aromatic N) is 2. The molecule has 1 saturated heterocycles. The number of morpholine rings is 1. The van der Waals surface area contributed by atoms with E-state index in [0.29, 0.717) is 36.9 Å². The number of nitrogens with one attached hydrogen (secondary N) is 1. The number of anilines is 3. The van der Waals surface area contributed by atoms with Gasteiger partial charge >= 0.3 is 0 Å². The van der Waals surface area contributed by atoms with Gasteiger partial charge in [0.1, 0.15) is 11.8 Å². The molecule has 0 spiro atoms. The van der Waals surface area contributed by atoms with Crippen LogP contribution < -0.4 is 19.3 Å². The van der Waals surface area contributed by atoms with E-state index >= 15 is 0 Å². The molecule has 3 rings (SSSR count). The van der Waals surface area contributed by atoms with E-state index in [1.807, 2.05) is 31.2 Å². The molecule has 8 nitrogen and oxygen atoms in total. The summed E-state index contributed by atoms with van der Waals surface area (Å²) in [7, 11) is -3.69. The summed E-state index contributed by atoms with van der Waals surface area (Å²) in [6.07, 6.45) is 1.09. The Morgan fingerprint density at radius 1 is 1.13 bits per heavy atom. The first-order valence-corrected chi connectivity index (χ1v) is 12.1. The molecule has 1 amide bonds. The zero-order valence-corrected chi connectivity index (χ0v) is 18.9. The highest BCUT2D eigenvalue weighted by atomic mass is 32.2. The van der Waals surface area contributed by atoms with Crippen LogP contribution in [0.4, 0.5) is 17.1 Å². The Kier molecular flexibility index (Phi) is 7.40. The van der Waals surface area contributed by atoms with E-state index in [9.17, 15) is 13.2 Å². The van der Waals surface area contributed by atoms with E-state index in [0.717, 1.165) is 29.3 Å². The zero-order chi connectivity index (χ0) is 22.4. The highest BCUT2D eigenvalue weighted by molar-refractivity contribution is 7.92. The molecule has 168 valence electrons. The Bertz CT molecular complexity index is 971.